The van der Waals surface area contributed by atoms with Crippen LogP contribution in [0.15, 0.2) is 24.3 Å². The molecule has 3 heteroatoms. The van der Waals surface area contributed by atoms with Gasteiger partial charge in [-0.1, -0.05) is 29.8 Å². The zero-order chi connectivity index (χ0) is 12.0. The van der Waals surface area contributed by atoms with Crippen molar-refractivity contribution in [2.75, 3.05) is 20.2 Å². The lowest BCUT2D eigenvalue weighted by molar-refractivity contribution is -0.141. The Morgan fingerprint density at radius 2 is 2.06 bits per heavy atom. The van der Waals surface area contributed by atoms with Crippen molar-refractivity contribution in [3.8, 4) is 0 Å². The minimum atomic E-state index is -0.662. The summed E-state index contributed by atoms with van der Waals surface area (Å²) in [6.07, 6.45) is 0.797. The summed E-state index contributed by atoms with van der Waals surface area (Å²) in [6.45, 7) is 3.21. The molecule has 1 aromatic rings. The second kappa shape index (κ2) is 3.65. The molecule has 0 radical (unpaired) electrons. The Morgan fingerprint density at radius 1 is 1.35 bits per heavy atom. The number of benzene rings is 1. The summed E-state index contributed by atoms with van der Waals surface area (Å²) in [5, 5.41) is 0. The van der Waals surface area contributed by atoms with Crippen molar-refractivity contribution in [2.45, 2.75) is 25.0 Å². The van der Waals surface area contributed by atoms with Crippen molar-refractivity contribution in [1.82, 2.24) is 4.90 Å². The quantitative estimate of drug-likeness (QED) is 0.733. The van der Waals surface area contributed by atoms with E-state index in [0.29, 0.717) is 19.2 Å². The predicted molar refractivity (Wildman–Crippen MR) is 64.9 cm³/mol. The molecule has 3 rings (SSSR count). The molecule has 2 aliphatic rings. The van der Waals surface area contributed by atoms with Crippen LogP contribution in [-0.4, -0.2) is 36.9 Å². The number of carbonyl (C=O) groups excluding carboxylic acids is 1. The van der Waals surface area contributed by atoms with E-state index in [1.165, 1.54) is 5.56 Å². The van der Waals surface area contributed by atoms with Gasteiger partial charge >= 0.3 is 0 Å². The van der Waals surface area contributed by atoms with Crippen molar-refractivity contribution >= 4 is 5.78 Å². The van der Waals surface area contributed by atoms with E-state index in [9.17, 15) is 4.79 Å². The maximum absolute atomic E-state index is 12.3. The van der Waals surface area contributed by atoms with Crippen LogP contribution >= 0.6 is 0 Å². The molecule has 0 spiro atoms. The van der Waals surface area contributed by atoms with Crippen LogP contribution in [0.25, 0.3) is 0 Å². The zero-order valence-corrected chi connectivity index (χ0v) is 10.3. The Labute approximate surface area is 101 Å². The third-order valence-corrected chi connectivity index (χ3v) is 4.03. The minimum absolute atomic E-state index is 0.192. The van der Waals surface area contributed by atoms with Crippen molar-refractivity contribution in [2.24, 2.45) is 0 Å². The summed E-state index contributed by atoms with van der Waals surface area (Å²) >= 11 is 0. The van der Waals surface area contributed by atoms with Gasteiger partial charge in [0.05, 0.1) is 13.2 Å². The molecule has 2 saturated heterocycles. The van der Waals surface area contributed by atoms with Crippen LogP contribution in [0.4, 0.5) is 0 Å². The Kier molecular flexibility index (Phi) is 2.35. The fourth-order valence-corrected chi connectivity index (χ4v) is 2.83. The number of likely N-dealkylation sites (tertiary alicyclic amines) is 1. The Hall–Kier alpha value is -1.19. The van der Waals surface area contributed by atoms with E-state index in [1.54, 1.807) is 0 Å². The highest BCUT2D eigenvalue weighted by Gasteiger charge is 2.52. The topological polar surface area (TPSA) is 29.5 Å². The highest BCUT2D eigenvalue weighted by molar-refractivity contribution is 5.91. The van der Waals surface area contributed by atoms with E-state index >= 15 is 0 Å². The number of ether oxygens (including phenoxy) is 1. The molecule has 0 aromatic heterocycles. The summed E-state index contributed by atoms with van der Waals surface area (Å²) in [5.74, 6) is 0.192. The average molecular weight is 231 g/mol. The minimum Gasteiger partial charge on any atom is -0.361 e. The van der Waals surface area contributed by atoms with Crippen LogP contribution in [0.2, 0.25) is 0 Å². The predicted octanol–water partition coefficient (Wildman–Crippen LogP) is 1.49. The monoisotopic (exact) mass is 231 g/mol. The second-order valence-electron chi connectivity index (χ2n) is 5.20. The van der Waals surface area contributed by atoms with Crippen LogP contribution in [-0.2, 0) is 15.1 Å². The number of likely N-dealkylation sites (N-methyl/N-ethyl adjacent to an activating group) is 1. The summed E-state index contributed by atoms with van der Waals surface area (Å²) in [7, 11) is 2.00. The molecule has 2 heterocycles. The van der Waals surface area contributed by atoms with E-state index in [0.717, 1.165) is 12.0 Å². The van der Waals surface area contributed by atoms with Crippen molar-refractivity contribution in [1.29, 1.82) is 0 Å². The zero-order valence-electron chi connectivity index (χ0n) is 10.3. The molecule has 0 saturated carbocycles. The fraction of sp³-hybridized carbons (Fsp3) is 0.500. The lowest BCUT2D eigenvalue weighted by atomic mass is 9.82. The molecule has 0 N–H and O–H groups in total. The van der Waals surface area contributed by atoms with Gasteiger partial charge in [0.2, 0.25) is 0 Å². The molecule has 2 atom stereocenters. The number of hydrogen-bond acceptors (Lipinski definition) is 3. The molecule has 17 heavy (non-hydrogen) atoms. The molecule has 0 amide bonds. The lowest BCUT2D eigenvalue weighted by Crippen LogP contribution is -2.49. The highest BCUT2D eigenvalue weighted by Crippen LogP contribution is 2.42. The van der Waals surface area contributed by atoms with Gasteiger partial charge in [-0.25, -0.2) is 0 Å². The number of Topliss-reactive ketones (excluding diaryl/α,β-unsaturated/α-hetero) is 1. The van der Waals surface area contributed by atoms with E-state index in [1.807, 2.05) is 31.3 Å². The Morgan fingerprint density at radius 3 is 2.76 bits per heavy atom. The molecule has 0 unspecified atom stereocenters. The highest BCUT2D eigenvalue weighted by atomic mass is 16.5. The van der Waals surface area contributed by atoms with Gasteiger partial charge in [-0.3, -0.25) is 9.69 Å². The van der Waals surface area contributed by atoms with Gasteiger partial charge in [-0.05, 0) is 19.5 Å². The van der Waals surface area contributed by atoms with Gasteiger partial charge in [-0.15, -0.1) is 0 Å². The number of carbonyl (C=O) groups is 1. The number of rotatable bonds is 1. The third kappa shape index (κ3) is 1.53. The van der Waals surface area contributed by atoms with Crippen LogP contribution in [0.5, 0.6) is 0 Å². The molecule has 1 aromatic carbocycles. The molecule has 2 bridgehead atoms. The smallest absolute Gasteiger partial charge is 0.183 e. The maximum atomic E-state index is 12.3. The number of ketones is 1. The van der Waals surface area contributed by atoms with Crippen molar-refractivity contribution in [3.05, 3.63) is 35.4 Å². The first-order valence-corrected chi connectivity index (χ1v) is 6.06. The van der Waals surface area contributed by atoms with E-state index in [2.05, 4.69) is 11.8 Å². The first kappa shape index (κ1) is 10.9. The number of fused-ring (bicyclic) bond motifs is 2. The SMILES string of the molecule is Cc1ccc([C@@]23C[C@@H](CO2)N(C)CC3=O)cc1. The second-order valence-corrected chi connectivity index (χ2v) is 5.20. The summed E-state index contributed by atoms with van der Waals surface area (Å²) in [6, 6.07) is 8.54. The molecule has 2 aliphatic heterocycles. The summed E-state index contributed by atoms with van der Waals surface area (Å²) < 4.78 is 5.88. The van der Waals surface area contributed by atoms with Crippen LogP contribution in [0.1, 0.15) is 17.5 Å². The van der Waals surface area contributed by atoms with Gasteiger partial charge in [0.1, 0.15) is 0 Å². The molecular weight excluding hydrogens is 214 g/mol. The number of piperidine rings is 1. The van der Waals surface area contributed by atoms with E-state index < -0.39 is 5.60 Å². The van der Waals surface area contributed by atoms with Crippen molar-refractivity contribution in [3.63, 3.8) is 0 Å². The fourth-order valence-electron chi connectivity index (χ4n) is 2.83. The van der Waals surface area contributed by atoms with E-state index in [-0.39, 0.29) is 5.78 Å². The van der Waals surface area contributed by atoms with Gasteiger partial charge in [0.15, 0.2) is 11.4 Å². The van der Waals surface area contributed by atoms with Crippen LogP contribution in [0, 0.1) is 6.92 Å². The van der Waals surface area contributed by atoms with Gasteiger partial charge < -0.3 is 4.74 Å². The Bertz CT molecular complexity index is 454. The number of aryl methyl sites for hydroxylation is 1. The molecule has 90 valence electrons. The maximum Gasteiger partial charge on any atom is 0.183 e. The summed E-state index contributed by atoms with van der Waals surface area (Å²) in [4.78, 5) is 14.4. The van der Waals surface area contributed by atoms with Crippen LogP contribution in [0.3, 0.4) is 0 Å². The standard InChI is InChI=1S/C14H17NO2/c1-10-3-5-11(6-4-10)14-7-12(9-17-14)15(2)8-13(14)16/h3-6,12H,7-9H2,1-2H3/t12-,14+/m0/s1. The average Bonchev–Trinajstić information content (AvgIpc) is 2.71. The molecule has 3 nitrogen and oxygen atoms in total. The molecular formula is C14H17NO2. The Balaban J connectivity index is 2.01. The third-order valence-electron chi connectivity index (χ3n) is 4.03. The number of hydrogen-bond donors (Lipinski definition) is 0. The molecule has 0 aliphatic carbocycles. The van der Waals surface area contributed by atoms with Gasteiger partial charge in [0.25, 0.3) is 0 Å². The van der Waals surface area contributed by atoms with Crippen LogP contribution < -0.4 is 0 Å². The first-order chi connectivity index (χ1) is 8.12. The van der Waals surface area contributed by atoms with Gasteiger partial charge in [0, 0.05) is 12.5 Å². The van der Waals surface area contributed by atoms with Gasteiger partial charge in [-0.2, -0.15) is 0 Å². The lowest BCUT2D eigenvalue weighted by Gasteiger charge is -2.34. The largest absolute Gasteiger partial charge is 0.361 e. The first-order valence-electron chi connectivity index (χ1n) is 6.06. The van der Waals surface area contributed by atoms with Crippen molar-refractivity contribution < 1.29 is 9.53 Å². The van der Waals surface area contributed by atoms with E-state index in [4.69, 9.17) is 4.74 Å². The summed E-state index contributed by atoms with van der Waals surface area (Å²) in [5.41, 5.74) is 1.56. The normalized spacial score (nSPS) is 33.1. The number of nitrogens with zero attached hydrogens (tertiary/aromatic N) is 1. The molecule has 2 fully saturated rings.